The van der Waals surface area contributed by atoms with Crippen LogP contribution in [-0.4, -0.2) is 29.1 Å². The molecule has 0 spiro atoms. The lowest BCUT2D eigenvalue weighted by atomic mass is 10.0. The molecular weight excluding hydrogens is 299 g/mol. The van der Waals surface area contributed by atoms with Gasteiger partial charge in [0, 0.05) is 17.4 Å². The van der Waals surface area contributed by atoms with Crippen LogP contribution in [0.3, 0.4) is 0 Å². The Morgan fingerprint density at radius 3 is 2.52 bits per heavy atom. The summed E-state index contributed by atoms with van der Waals surface area (Å²) in [6.45, 7) is 6.71. The van der Waals surface area contributed by atoms with E-state index in [9.17, 15) is 13.2 Å². The van der Waals surface area contributed by atoms with Crippen molar-refractivity contribution in [2.45, 2.75) is 58.7 Å². The molecule has 0 radical (unpaired) electrons. The van der Waals surface area contributed by atoms with Crippen molar-refractivity contribution >= 4 is 12.0 Å². The molecule has 6 heteroatoms. The first kappa shape index (κ1) is 20.5. The first-order valence-corrected chi connectivity index (χ1v) is 8.36. The van der Waals surface area contributed by atoms with Crippen molar-refractivity contribution in [2.24, 2.45) is 0 Å². The highest BCUT2D eigenvalue weighted by atomic mass is 32.2. The molecular formula is C15H26F3NOS. The lowest BCUT2D eigenvalue weighted by Gasteiger charge is -2.16. The molecule has 1 unspecified atom stereocenters. The van der Waals surface area contributed by atoms with Gasteiger partial charge in [-0.05, 0) is 51.2 Å². The number of alkyl halides is 3. The van der Waals surface area contributed by atoms with Crippen molar-refractivity contribution in [2.75, 3.05) is 12.3 Å². The molecule has 21 heavy (non-hydrogen) atoms. The van der Waals surface area contributed by atoms with Crippen LogP contribution in [0.1, 0.15) is 46.5 Å². The number of hydrogen-bond donors (Lipinski definition) is 2. The smallest absolute Gasteiger partial charge is 0.330 e. The molecule has 1 rings (SSSR count). The highest BCUT2D eigenvalue weighted by molar-refractivity contribution is 7.93. The summed E-state index contributed by atoms with van der Waals surface area (Å²) in [6.07, 6.45) is 0.772. The van der Waals surface area contributed by atoms with E-state index in [1.807, 2.05) is 20.8 Å². The van der Waals surface area contributed by atoms with Gasteiger partial charge in [-0.15, -0.1) is 0 Å². The van der Waals surface area contributed by atoms with Gasteiger partial charge in [-0.3, -0.25) is 0 Å². The largest absolute Gasteiger partial charge is 0.412 e. The monoisotopic (exact) mass is 325 g/mol. The van der Waals surface area contributed by atoms with Crippen molar-refractivity contribution in [3.8, 4) is 0 Å². The van der Waals surface area contributed by atoms with Gasteiger partial charge in [0.15, 0.2) is 0 Å². The fourth-order valence-corrected chi connectivity index (χ4v) is 2.31. The Kier molecular flexibility index (Phi) is 10.9. The molecule has 2 nitrogen and oxygen atoms in total. The van der Waals surface area contributed by atoms with E-state index in [-0.39, 0.29) is 12.5 Å². The van der Waals surface area contributed by atoms with Crippen molar-refractivity contribution in [3.05, 3.63) is 23.3 Å². The quantitative estimate of drug-likeness (QED) is 0.521. The maximum Gasteiger partial charge on any atom is 0.412 e. The molecule has 0 saturated carbocycles. The van der Waals surface area contributed by atoms with Crippen molar-refractivity contribution in [3.63, 3.8) is 0 Å². The normalized spacial score (nSPS) is 17.1. The lowest BCUT2D eigenvalue weighted by molar-refractivity contribution is -0.0940. The molecule has 1 atom stereocenters. The summed E-state index contributed by atoms with van der Waals surface area (Å²) >= 11 is 0.806. The molecule has 1 aliphatic carbocycles. The number of allylic oxidation sites excluding steroid dienone is 3. The van der Waals surface area contributed by atoms with Crippen LogP contribution in [0.5, 0.6) is 0 Å². The zero-order valence-electron chi connectivity index (χ0n) is 13.0. The third-order valence-corrected chi connectivity index (χ3v) is 3.66. The third kappa shape index (κ3) is 8.53. The number of halogens is 3. The summed E-state index contributed by atoms with van der Waals surface area (Å²) in [7, 11) is 0. The van der Waals surface area contributed by atoms with Gasteiger partial charge in [-0.2, -0.15) is 13.2 Å². The third-order valence-electron chi connectivity index (χ3n) is 3.19. The first-order chi connectivity index (χ1) is 9.95. The van der Waals surface area contributed by atoms with E-state index >= 15 is 0 Å². The van der Waals surface area contributed by atoms with Gasteiger partial charge in [0.2, 0.25) is 0 Å². The minimum absolute atomic E-state index is 0.0764. The Morgan fingerprint density at radius 1 is 1.29 bits per heavy atom. The van der Waals surface area contributed by atoms with Crippen LogP contribution in [0.2, 0.25) is 0 Å². The van der Waals surface area contributed by atoms with Crippen LogP contribution in [-0.2, 0) is 0 Å². The molecule has 0 aromatic heterocycles. The van der Waals surface area contributed by atoms with E-state index in [0.29, 0.717) is 18.6 Å². The Hall–Kier alpha value is -0.460. The second-order valence-electron chi connectivity index (χ2n) is 4.65. The molecule has 1 aliphatic rings. The van der Waals surface area contributed by atoms with Crippen LogP contribution in [0, 0.1) is 0 Å². The standard InChI is InChI=1S/C13H20F3NOS.C2H6/c1-10(17-8-3-9-19-18)11-4-2-5-12(7-6-11)13(14,15)16;1-2/h6-7,10,17-18H,2-5,8-9H2,1H3;1-2H3. The average Bonchev–Trinajstić information content (AvgIpc) is 2.71. The molecule has 0 aromatic rings. The van der Waals surface area contributed by atoms with Crippen LogP contribution in [0.25, 0.3) is 0 Å². The summed E-state index contributed by atoms with van der Waals surface area (Å²) in [5.74, 6) is 0.664. The average molecular weight is 325 g/mol. The summed E-state index contributed by atoms with van der Waals surface area (Å²) < 4.78 is 46.4. The predicted molar refractivity (Wildman–Crippen MR) is 84.6 cm³/mol. The number of nitrogens with one attached hydrogen (secondary N) is 1. The molecule has 0 heterocycles. The summed E-state index contributed by atoms with van der Waals surface area (Å²) in [5, 5.41) is 3.27. The SMILES string of the molecule is CC.CC(NCCCSO)C1=CC=C(C(F)(F)F)CCC1. The van der Waals surface area contributed by atoms with Crippen molar-refractivity contribution in [1.82, 2.24) is 5.32 Å². The Balaban J connectivity index is 0.00000191. The molecule has 0 aromatic carbocycles. The Labute approximate surface area is 130 Å². The predicted octanol–water partition coefficient (Wildman–Crippen LogP) is 5.19. The van der Waals surface area contributed by atoms with Gasteiger partial charge in [0.1, 0.15) is 0 Å². The van der Waals surface area contributed by atoms with Crippen LogP contribution >= 0.6 is 12.0 Å². The van der Waals surface area contributed by atoms with Gasteiger partial charge < -0.3 is 9.87 Å². The van der Waals surface area contributed by atoms with E-state index in [0.717, 1.165) is 30.6 Å². The fraction of sp³-hybridized carbons (Fsp3) is 0.733. The maximum absolute atomic E-state index is 12.6. The minimum atomic E-state index is -4.21. The van der Waals surface area contributed by atoms with Gasteiger partial charge in [-0.25, -0.2) is 0 Å². The van der Waals surface area contributed by atoms with Gasteiger partial charge in [0.25, 0.3) is 0 Å². The fourth-order valence-electron chi connectivity index (χ4n) is 2.04. The molecule has 0 amide bonds. The van der Waals surface area contributed by atoms with Crippen LogP contribution in [0.15, 0.2) is 23.3 Å². The molecule has 0 fully saturated rings. The van der Waals surface area contributed by atoms with E-state index in [1.54, 1.807) is 6.08 Å². The van der Waals surface area contributed by atoms with Crippen LogP contribution < -0.4 is 5.32 Å². The second kappa shape index (κ2) is 11.2. The van der Waals surface area contributed by atoms with E-state index < -0.39 is 11.7 Å². The topological polar surface area (TPSA) is 32.3 Å². The molecule has 0 aliphatic heterocycles. The van der Waals surface area contributed by atoms with Gasteiger partial charge in [-0.1, -0.05) is 31.6 Å². The highest BCUT2D eigenvalue weighted by Crippen LogP contribution is 2.32. The van der Waals surface area contributed by atoms with Crippen LogP contribution in [0.4, 0.5) is 13.2 Å². The van der Waals surface area contributed by atoms with Crippen molar-refractivity contribution in [1.29, 1.82) is 0 Å². The number of hydrogen-bond acceptors (Lipinski definition) is 3. The van der Waals surface area contributed by atoms with E-state index in [1.165, 1.54) is 6.08 Å². The number of rotatable bonds is 6. The van der Waals surface area contributed by atoms with Gasteiger partial charge >= 0.3 is 6.18 Å². The lowest BCUT2D eigenvalue weighted by Crippen LogP contribution is -2.29. The zero-order valence-corrected chi connectivity index (χ0v) is 13.8. The molecule has 0 saturated heterocycles. The van der Waals surface area contributed by atoms with Crippen molar-refractivity contribution < 1.29 is 17.7 Å². The Bertz CT molecular complexity index is 340. The second-order valence-corrected chi connectivity index (χ2v) is 5.31. The Morgan fingerprint density at radius 2 is 1.95 bits per heavy atom. The summed E-state index contributed by atoms with van der Waals surface area (Å²) in [5.41, 5.74) is 0.572. The van der Waals surface area contributed by atoms with E-state index in [4.69, 9.17) is 4.55 Å². The molecule has 124 valence electrons. The summed E-state index contributed by atoms with van der Waals surface area (Å²) in [6, 6.07) is 0.0764. The first-order valence-electron chi connectivity index (χ1n) is 7.41. The zero-order chi connectivity index (χ0) is 16.3. The summed E-state index contributed by atoms with van der Waals surface area (Å²) in [4.78, 5) is 0. The van der Waals surface area contributed by atoms with E-state index in [2.05, 4.69) is 5.32 Å². The minimum Gasteiger partial charge on any atom is -0.330 e. The molecule has 2 N–H and O–H groups in total. The molecule has 0 bridgehead atoms. The highest BCUT2D eigenvalue weighted by Gasteiger charge is 2.33. The maximum atomic E-state index is 12.6. The van der Waals surface area contributed by atoms with Gasteiger partial charge in [0.05, 0.1) is 0 Å².